The van der Waals surface area contributed by atoms with Crippen LogP contribution in [0, 0.1) is 31.6 Å². The van der Waals surface area contributed by atoms with Gasteiger partial charge in [0.1, 0.15) is 5.75 Å². The molecule has 2 aromatic rings. The lowest BCUT2D eigenvalue weighted by Gasteiger charge is -2.43. The first-order valence-corrected chi connectivity index (χ1v) is 14.3. The number of nitrogens with zero attached hydrogens (tertiary/aromatic N) is 1. The number of fused-ring (bicyclic) bond motifs is 3. The average Bonchev–Trinajstić information content (AvgIpc) is 3.19. The number of aliphatic hydroxyl groups is 1. The molecule has 1 aliphatic carbocycles. The predicted octanol–water partition coefficient (Wildman–Crippen LogP) is 4.97. The van der Waals surface area contributed by atoms with E-state index in [4.69, 9.17) is 4.65 Å². The van der Waals surface area contributed by atoms with Gasteiger partial charge in [-0.15, -0.1) is 0 Å². The molecular weight excluding hydrogens is 505 g/mol. The minimum atomic E-state index is -1.05. The maximum absolute atomic E-state index is 13.7. The quantitative estimate of drug-likeness (QED) is 0.247. The lowest BCUT2D eigenvalue weighted by Crippen LogP contribution is -2.46. The van der Waals surface area contributed by atoms with Crippen LogP contribution < -0.4 is 4.90 Å². The highest BCUT2D eigenvalue weighted by Crippen LogP contribution is 2.51. The van der Waals surface area contributed by atoms with Gasteiger partial charge >= 0.3 is 7.12 Å². The molecule has 3 aliphatic rings. The van der Waals surface area contributed by atoms with Crippen molar-refractivity contribution < 1.29 is 29.5 Å². The number of allylic oxidation sites excluding steroid dienone is 1. The van der Waals surface area contributed by atoms with E-state index in [1.54, 1.807) is 24.3 Å². The van der Waals surface area contributed by atoms with Crippen LogP contribution in [0.25, 0.3) is 6.08 Å². The van der Waals surface area contributed by atoms with Gasteiger partial charge in [-0.3, -0.25) is 14.5 Å². The molecule has 3 N–H and O–H groups in total. The van der Waals surface area contributed by atoms with Crippen LogP contribution in [0.4, 0.5) is 5.69 Å². The van der Waals surface area contributed by atoms with E-state index < -0.39 is 25.1 Å². The van der Waals surface area contributed by atoms with Crippen molar-refractivity contribution in [3.8, 4) is 5.75 Å². The number of para-hydroxylation sites is 1. The largest absolute Gasteiger partial charge is 0.507 e. The Morgan fingerprint density at radius 1 is 1.07 bits per heavy atom. The highest BCUT2D eigenvalue weighted by Gasteiger charge is 2.57. The molecule has 2 saturated heterocycles. The summed E-state index contributed by atoms with van der Waals surface area (Å²) in [6, 6.07) is 12.9. The molecule has 2 amide bonds. The predicted molar refractivity (Wildman–Crippen MR) is 155 cm³/mol. The van der Waals surface area contributed by atoms with Crippen molar-refractivity contribution in [2.45, 2.75) is 65.3 Å². The van der Waals surface area contributed by atoms with Crippen LogP contribution >= 0.6 is 0 Å². The normalized spacial score (nSPS) is 25.0. The number of imide groups is 1. The monoisotopic (exact) mass is 543 g/mol. The summed E-state index contributed by atoms with van der Waals surface area (Å²) in [5.41, 5.74) is 6.12. The molecule has 210 valence electrons. The van der Waals surface area contributed by atoms with Crippen molar-refractivity contribution >= 4 is 30.7 Å². The molecule has 40 heavy (non-hydrogen) atoms. The number of carbonyl (C=O) groups is 2. The van der Waals surface area contributed by atoms with E-state index in [-0.39, 0.29) is 30.7 Å². The Labute approximate surface area is 236 Å². The summed E-state index contributed by atoms with van der Waals surface area (Å²) in [5.74, 6) is -1.65. The molecular formula is C32H38BNO6. The van der Waals surface area contributed by atoms with Crippen LogP contribution in [0.3, 0.4) is 0 Å². The molecule has 7 nitrogen and oxygen atoms in total. The van der Waals surface area contributed by atoms with Crippen molar-refractivity contribution in [1.82, 2.24) is 0 Å². The van der Waals surface area contributed by atoms with E-state index in [1.807, 2.05) is 32.0 Å². The molecule has 8 heteroatoms. The smallest absolute Gasteiger partial charge is 0.455 e. The molecule has 5 rings (SSSR count). The Morgan fingerprint density at radius 3 is 2.42 bits per heavy atom. The highest BCUT2D eigenvalue weighted by molar-refractivity contribution is 6.43. The second-order valence-electron chi connectivity index (χ2n) is 11.4. The minimum Gasteiger partial charge on any atom is -0.507 e. The first-order valence-electron chi connectivity index (χ1n) is 14.3. The molecule has 2 heterocycles. The van der Waals surface area contributed by atoms with Crippen LogP contribution in [0.15, 0.2) is 59.2 Å². The molecule has 0 spiro atoms. The van der Waals surface area contributed by atoms with Crippen molar-refractivity contribution in [1.29, 1.82) is 0 Å². The Morgan fingerprint density at radius 2 is 1.77 bits per heavy atom. The molecule has 2 aromatic carbocycles. The average molecular weight is 543 g/mol. The Kier molecular flexibility index (Phi) is 8.31. The number of benzene rings is 2. The number of aliphatic hydroxyl groups excluding tert-OH is 1. The fourth-order valence-corrected chi connectivity index (χ4v) is 6.96. The van der Waals surface area contributed by atoms with Gasteiger partial charge in [0.25, 0.3) is 0 Å². The third-order valence-electron chi connectivity index (χ3n) is 8.70. The highest BCUT2D eigenvalue weighted by atomic mass is 16.5. The lowest BCUT2D eigenvalue weighted by molar-refractivity contribution is -0.122. The second kappa shape index (κ2) is 11.7. The Balaban J connectivity index is 1.42. The maximum atomic E-state index is 13.7. The summed E-state index contributed by atoms with van der Waals surface area (Å²) < 4.78 is 6.06. The zero-order valence-electron chi connectivity index (χ0n) is 23.5. The fourth-order valence-electron chi connectivity index (χ4n) is 6.96. The first-order chi connectivity index (χ1) is 19.2. The summed E-state index contributed by atoms with van der Waals surface area (Å²) >= 11 is 0. The maximum Gasteiger partial charge on any atom is 0.455 e. The topological polar surface area (TPSA) is 107 Å². The SMILES string of the molecule is CCC/C(=C\c1cc(C)c(O)c(C)c1)CC[C@H]1OB(O)C[C@H]2C1=C(CO)C[C@H]1C(=O)N(c3ccccc3)C(=O)[C@H]12. The minimum absolute atomic E-state index is 0.207. The lowest BCUT2D eigenvalue weighted by atomic mass is 9.58. The number of hydrogen-bond acceptors (Lipinski definition) is 6. The zero-order valence-corrected chi connectivity index (χ0v) is 23.5. The van der Waals surface area contributed by atoms with Crippen LogP contribution in [0.2, 0.25) is 6.32 Å². The van der Waals surface area contributed by atoms with E-state index in [9.17, 15) is 24.8 Å². The number of phenols is 1. The van der Waals surface area contributed by atoms with Gasteiger partial charge in [-0.25, -0.2) is 0 Å². The molecule has 0 saturated carbocycles. The van der Waals surface area contributed by atoms with Crippen LogP contribution in [-0.4, -0.2) is 46.9 Å². The van der Waals surface area contributed by atoms with Crippen LogP contribution in [0.1, 0.15) is 55.7 Å². The summed E-state index contributed by atoms with van der Waals surface area (Å²) in [6.45, 7) is 5.71. The van der Waals surface area contributed by atoms with Gasteiger partial charge in [0, 0.05) is 0 Å². The van der Waals surface area contributed by atoms with Gasteiger partial charge in [0.2, 0.25) is 11.8 Å². The number of anilines is 1. The van der Waals surface area contributed by atoms with Gasteiger partial charge < -0.3 is 19.9 Å². The Bertz CT molecular complexity index is 1330. The fraction of sp³-hybridized carbons (Fsp3) is 0.438. The molecule has 2 fully saturated rings. The number of aromatic hydroxyl groups is 1. The van der Waals surface area contributed by atoms with E-state index in [0.29, 0.717) is 24.3 Å². The molecule has 0 unspecified atom stereocenters. The van der Waals surface area contributed by atoms with Crippen molar-refractivity contribution in [2.24, 2.45) is 17.8 Å². The number of aryl methyl sites for hydroxylation is 2. The van der Waals surface area contributed by atoms with E-state index in [1.165, 1.54) is 10.5 Å². The standard InChI is InChI=1S/C32H38BNO6/c1-4-8-21(15-22-13-19(2)30(36)20(3)14-22)11-12-27-28-23(18-35)16-25-29(26(28)17-33(39)40-27)32(38)34(31(25)37)24-9-6-5-7-10-24/h5-7,9-10,13-15,25-27,29,35-36,39H,4,8,11-12,16-18H2,1-3H3/b21-15+/t25-,26+,27-,29-/m1/s1. The number of rotatable bonds is 8. The van der Waals surface area contributed by atoms with Gasteiger partial charge in [-0.05, 0) is 104 Å². The third-order valence-corrected chi connectivity index (χ3v) is 8.70. The zero-order chi connectivity index (χ0) is 28.6. The summed E-state index contributed by atoms with van der Waals surface area (Å²) in [4.78, 5) is 28.5. The van der Waals surface area contributed by atoms with E-state index in [0.717, 1.165) is 47.1 Å². The van der Waals surface area contributed by atoms with E-state index in [2.05, 4.69) is 13.0 Å². The molecule has 0 bridgehead atoms. The molecule has 4 atom stereocenters. The first kappa shape index (κ1) is 28.3. The summed E-state index contributed by atoms with van der Waals surface area (Å²) in [5, 5.41) is 31.3. The van der Waals surface area contributed by atoms with Gasteiger partial charge in [0.05, 0.1) is 30.2 Å². The summed E-state index contributed by atoms with van der Waals surface area (Å²) in [6.07, 6.45) is 5.43. The van der Waals surface area contributed by atoms with Crippen molar-refractivity contribution in [3.63, 3.8) is 0 Å². The Hall–Kier alpha value is -3.20. The molecule has 2 aliphatic heterocycles. The number of amides is 2. The van der Waals surface area contributed by atoms with Crippen LogP contribution in [-0.2, 0) is 14.2 Å². The second-order valence-corrected chi connectivity index (χ2v) is 11.4. The third kappa shape index (κ3) is 5.28. The number of hydrogen-bond donors (Lipinski definition) is 3. The molecule has 0 aromatic heterocycles. The number of carbonyl (C=O) groups excluding carboxylic acids is 2. The van der Waals surface area contributed by atoms with Crippen molar-refractivity contribution in [3.05, 3.63) is 75.9 Å². The van der Waals surface area contributed by atoms with Gasteiger partial charge in [-0.2, -0.15) is 0 Å². The van der Waals surface area contributed by atoms with Crippen LogP contribution in [0.5, 0.6) is 5.75 Å². The van der Waals surface area contributed by atoms with Crippen molar-refractivity contribution in [2.75, 3.05) is 11.5 Å². The number of phenolic OH excluding ortho intramolecular Hbond substituents is 1. The van der Waals surface area contributed by atoms with Gasteiger partial charge in [-0.1, -0.05) is 43.2 Å². The van der Waals surface area contributed by atoms with Gasteiger partial charge in [0.15, 0.2) is 0 Å². The summed E-state index contributed by atoms with van der Waals surface area (Å²) in [7, 11) is -1.05. The van der Waals surface area contributed by atoms with E-state index >= 15 is 0 Å². The molecule has 0 radical (unpaired) electrons.